The van der Waals surface area contributed by atoms with Crippen LogP contribution in [0.15, 0.2) is 24.4 Å². The molecule has 1 heterocycles. The minimum atomic E-state index is -1.02. The summed E-state index contributed by atoms with van der Waals surface area (Å²) in [6.45, 7) is 0. The zero-order chi connectivity index (χ0) is 13.8. The molecular weight excluding hydrogens is 264 g/mol. The van der Waals surface area contributed by atoms with Crippen LogP contribution in [0.1, 0.15) is 24.0 Å². The first-order valence-corrected chi connectivity index (χ1v) is 6.54. The van der Waals surface area contributed by atoms with Gasteiger partial charge in [0.05, 0.1) is 17.1 Å². The topological polar surface area (TPSA) is 66.0 Å². The highest BCUT2D eigenvalue weighted by Gasteiger charge is 2.12. The van der Waals surface area contributed by atoms with E-state index in [1.54, 1.807) is 24.4 Å². The minimum Gasteiger partial charge on any atom is -0.464 e. The lowest BCUT2D eigenvalue weighted by atomic mass is 10.1. The summed E-state index contributed by atoms with van der Waals surface area (Å²) in [6.07, 6.45) is 3.16. The first kappa shape index (κ1) is 13.4. The smallest absolute Gasteiger partial charge is 0.416 e. The number of nitriles is 1. The van der Waals surface area contributed by atoms with Gasteiger partial charge in [-0.25, -0.2) is 4.79 Å². The first-order chi connectivity index (χ1) is 9.17. The number of alkyl halides is 1. The zero-order valence-electron chi connectivity index (χ0n) is 10.3. The second kappa shape index (κ2) is 5.77. The fraction of sp³-hybridized carbons (Fsp3) is 0.286. The normalized spacial score (nSPS) is 10.5. The predicted octanol–water partition coefficient (Wildman–Crippen LogP) is 3.60. The van der Waals surface area contributed by atoms with Crippen molar-refractivity contribution in [1.82, 2.24) is 4.57 Å². The van der Waals surface area contributed by atoms with Crippen molar-refractivity contribution in [1.29, 1.82) is 5.26 Å². The number of fused-ring (bicyclic) bond motifs is 1. The summed E-state index contributed by atoms with van der Waals surface area (Å²) in [5, 5.41) is 18.9. The van der Waals surface area contributed by atoms with Gasteiger partial charge in [0.1, 0.15) is 0 Å². The van der Waals surface area contributed by atoms with Gasteiger partial charge in [-0.05, 0) is 43.0 Å². The van der Waals surface area contributed by atoms with Crippen LogP contribution in [0.5, 0.6) is 0 Å². The molecule has 0 aliphatic rings. The van der Waals surface area contributed by atoms with E-state index in [0.29, 0.717) is 17.0 Å². The molecule has 0 radical (unpaired) electrons. The molecule has 0 bridgehead atoms. The average molecular weight is 277 g/mol. The Morgan fingerprint density at radius 2 is 2.21 bits per heavy atom. The Balaban J connectivity index is 2.49. The van der Waals surface area contributed by atoms with Crippen LogP contribution in [-0.4, -0.2) is 21.6 Å². The van der Waals surface area contributed by atoms with Gasteiger partial charge in [-0.2, -0.15) is 5.26 Å². The molecule has 0 atom stereocenters. The zero-order valence-corrected chi connectivity index (χ0v) is 11.0. The lowest BCUT2D eigenvalue weighted by Crippen LogP contribution is -2.05. The summed E-state index contributed by atoms with van der Waals surface area (Å²) >= 11 is 5.65. The number of hydrogen-bond acceptors (Lipinski definition) is 2. The van der Waals surface area contributed by atoms with E-state index >= 15 is 0 Å². The summed E-state index contributed by atoms with van der Waals surface area (Å²) in [7, 11) is 0. The van der Waals surface area contributed by atoms with Crippen LogP contribution >= 0.6 is 11.6 Å². The molecule has 19 heavy (non-hydrogen) atoms. The van der Waals surface area contributed by atoms with Gasteiger partial charge in [-0.1, -0.05) is 0 Å². The van der Waals surface area contributed by atoms with Crippen LogP contribution in [0.25, 0.3) is 10.9 Å². The van der Waals surface area contributed by atoms with Crippen LogP contribution in [0.3, 0.4) is 0 Å². The van der Waals surface area contributed by atoms with E-state index in [1.807, 2.05) is 0 Å². The van der Waals surface area contributed by atoms with Gasteiger partial charge < -0.3 is 5.11 Å². The monoisotopic (exact) mass is 276 g/mol. The number of unbranched alkanes of at least 4 members (excludes halogenated alkanes) is 1. The van der Waals surface area contributed by atoms with E-state index in [9.17, 15) is 9.90 Å². The maximum Gasteiger partial charge on any atom is 0.416 e. The second-order valence-electron chi connectivity index (χ2n) is 4.30. The second-order valence-corrected chi connectivity index (χ2v) is 4.67. The molecule has 4 nitrogen and oxygen atoms in total. The van der Waals surface area contributed by atoms with Gasteiger partial charge in [0.2, 0.25) is 0 Å². The number of nitrogens with zero attached hydrogens (tertiary/aromatic N) is 2. The Hall–Kier alpha value is -1.99. The van der Waals surface area contributed by atoms with Crippen molar-refractivity contribution in [2.45, 2.75) is 19.3 Å². The van der Waals surface area contributed by atoms with Crippen LogP contribution in [0, 0.1) is 11.3 Å². The molecule has 5 heteroatoms. The molecular formula is C14H13ClN2O2. The molecule has 0 aliphatic heterocycles. The van der Waals surface area contributed by atoms with Crippen molar-refractivity contribution in [2.75, 3.05) is 5.88 Å². The van der Waals surface area contributed by atoms with E-state index in [-0.39, 0.29) is 0 Å². The Morgan fingerprint density at radius 1 is 1.42 bits per heavy atom. The summed E-state index contributed by atoms with van der Waals surface area (Å²) in [5.74, 6) is 0.598. The highest BCUT2D eigenvalue weighted by molar-refractivity contribution is 6.17. The number of aryl methyl sites for hydroxylation is 1. The number of halogens is 1. The molecule has 1 aromatic carbocycles. The first-order valence-electron chi connectivity index (χ1n) is 6.00. The summed E-state index contributed by atoms with van der Waals surface area (Å²) in [5.41, 5.74) is 2.10. The average Bonchev–Trinajstić information content (AvgIpc) is 2.77. The Kier molecular flexibility index (Phi) is 4.08. The Labute approximate surface area is 115 Å². The predicted molar refractivity (Wildman–Crippen MR) is 73.7 cm³/mol. The fourth-order valence-corrected chi connectivity index (χ4v) is 2.32. The molecule has 0 fully saturated rings. The molecule has 1 aromatic heterocycles. The third kappa shape index (κ3) is 2.72. The van der Waals surface area contributed by atoms with Gasteiger partial charge >= 0.3 is 6.09 Å². The number of rotatable bonds is 4. The molecule has 0 unspecified atom stereocenters. The highest BCUT2D eigenvalue weighted by atomic mass is 35.5. The van der Waals surface area contributed by atoms with Crippen LogP contribution in [-0.2, 0) is 6.42 Å². The van der Waals surface area contributed by atoms with Crippen molar-refractivity contribution in [3.05, 3.63) is 35.5 Å². The molecule has 0 aliphatic carbocycles. The summed E-state index contributed by atoms with van der Waals surface area (Å²) < 4.78 is 1.20. The quantitative estimate of drug-likeness (QED) is 0.685. The largest absolute Gasteiger partial charge is 0.464 e. The number of carbonyl (C=O) groups is 1. The van der Waals surface area contributed by atoms with Crippen molar-refractivity contribution >= 4 is 28.6 Å². The van der Waals surface area contributed by atoms with E-state index < -0.39 is 6.09 Å². The van der Waals surface area contributed by atoms with E-state index in [1.165, 1.54) is 4.57 Å². The number of benzene rings is 1. The molecule has 1 N–H and O–H groups in total. The van der Waals surface area contributed by atoms with Gasteiger partial charge in [-0.15, -0.1) is 11.6 Å². The molecule has 0 amide bonds. The van der Waals surface area contributed by atoms with Crippen LogP contribution in [0.2, 0.25) is 0 Å². The number of aromatic nitrogens is 1. The van der Waals surface area contributed by atoms with Crippen molar-refractivity contribution < 1.29 is 9.90 Å². The molecule has 2 aromatic rings. The van der Waals surface area contributed by atoms with Crippen LogP contribution < -0.4 is 0 Å². The fourth-order valence-electron chi connectivity index (χ4n) is 2.14. The van der Waals surface area contributed by atoms with Crippen molar-refractivity contribution in [3.63, 3.8) is 0 Å². The SMILES string of the molecule is N#Cc1ccc2c(c1)c(CCCCCl)cn2C(=O)O. The maximum atomic E-state index is 11.2. The van der Waals surface area contributed by atoms with Gasteiger partial charge in [0.15, 0.2) is 0 Å². The highest BCUT2D eigenvalue weighted by Crippen LogP contribution is 2.24. The number of hydrogen-bond donors (Lipinski definition) is 1. The Bertz CT molecular complexity index is 655. The lowest BCUT2D eigenvalue weighted by molar-refractivity contribution is 0.197. The van der Waals surface area contributed by atoms with Gasteiger partial charge in [0.25, 0.3) is 0 Å². The van der Waals surface area contributed by atoms with E-state index in [4.69, 9.17) is 16.9 Å². The molecule has 98 valence electrons. The maximum absolute atomic E-state index is 11.2. The molecule has 0 saturated heterocycles. The third-order valence-electron chi connectivity index (χ3n) is 3.05. The molecule has 0 spiro atoms. The van der Waals surface area contributed by atoms with Crippen LogP contribution in [0.4, 0.5) is 4.79 Å². The van der Waals surface area contributed by atoms with Crippen molar-refractivity contribution in [2.24, 2.45) is 0 Å². The summed E-state index contributed by atoms with van der Waals surface area (Å²) in [4.78, 5) is 11.2. The Morgan fingerprint density at radius 3 is 2.84 bits per heavy atom. The lowest BCUT2D eigenvalue weighted by Gasteiger charge is -1.98. The van der Waals surface area contributed by atoms with Gasteiger partial charge in [-0.3, -0.25) is 4.57 Å². The third-order valence-corrected chi connectivity index (χ3v) is 3.32. The minimum absolute atomic E-state index is 0.536. The van der Waals surface area contributed by atoms with Gasteiger partial charge in [0, 0.05) is 17.5 Å². The standard InChI is InChI=1S/C14H13ClN2O2/c15-6-2-1-3-11-9-17(14(18)19)13-5-4-10(8-16)7-12(11)13/h4-5,7,9H,1-3,6H2,(H,18,19). The van der Waals surface area contributed by atoms with Crippen molar-refractivity contribution in [3.8, 4) is 6.07 Å². The van der Waals surface area contributed by atoms with E-state index in [0.717, 1.165) is 30.2 Å². The molecule has 0 saturated carbocycles. The summed E-state index contributed by atoms with van der Waals surface area (Å²) in [6, 6.07) is 7.12. The number of carboxylic acid groups (broad SMARTS) is 1. The molecule has 2 rings (SSSR count). The van der Waals surface area contributed by atoms with E-state index in [2.05, 4.69) is 6.07 Å².